The predicted octanol–water partition coefficient (Wildman–Crippen LogP) is 1.80. The third kappa shape index (κ3) is 2.61. The van der Waals surface area contributed by atoms with E-state index in [2.05, 4.69) is 22.8 Å². The Morgan fingerprint density at radius 1 is 1.00 bits per heavy atom. The first-order valence-electron chi connectivity index (χ1n) is 7.23. The second-order valence-electron chi connectivity index (χ2n) is 5.35. The van der Waals surface area contributed by atoms with Crippen LogP contribution in [0.15, 0.2) is 30.3 Å². The summed E-state index contributed by atoms with van der Waals surface area (Å²) in [7, 11) is 0. The van der Waals surface area contributed by atoms with E-state index in [9.17, 15) is 9.59 Å². The van der Waals surface area contributed by atoms with Gasteiger partial charge in [0.15, 0.2) is 0 Å². The van der Waals surface area contributed by atoms with Gasteiger partial charge in [-0.1, -0.05) is 24.3 Å². The summed E-state index contributed by atoms with van der Waals surface area (Å²) in [4.78, 5) is 23.1. The van der Waals surface area contributed by atoms with Gasteiger partial charge in [0, 0.05) is 25.6 Å². The van der Waals surface area contributed by atoms with Gasteiger partial charge in [-0.25, -0.2) is 0 Å². The van der Waals surface area contributed by atoms with E-state index in [0.29, 0.717) is 18.7 Å². The minimum atomic E-state index is -0.0883. The first-order valence-corrected chi connectivity index (χ1v) is 7.23. The number of hydrogen-bond acceptors (Lipinski definition) is 2. The van der Waals surface area contributed by atoms with Gasteiger partial charge < -0.3 is 10.6 Å². The van der Waals surface area contributed by atoms with Crippen LogP contribution in [0, 0.1) is 0 Å². The van der Waals surface area contributed by atoms with E-state index in [1.165, 1.54) is 23.4 Å². The highest BCUT2D eigenvalue weighted by Crippen LogP contribution is 2.32. The zero-order valence-corrected chi connectivity index (χ0v) is 12.0. The second-order valence-corrected chi connectivity index (χ2v) is 5.35. The second kappa shape index (κ2) is 5.56. The maximum Gasteiger partial charge on any atom is 0.251 e. The number of benzene rings is 2. The number of carbonyl (C=O) groups excluding carboxylic acids is 2. The molecule has 4 heteroatoms. The van der Waals surface area contributed by atoms with Crippen LogP contribution in [-0.2, 0) is 17.6 Å². The lowest BCUT2D eigenvalue weighted by Gasteiger charge is -2.10. The highest BCUT2D eigenvalue weighted by atomic mass is 16.2. The Morgan fingerprint density at radius 3 is 2.48 bits per heavy atom. The van der Waals surface area contributed by atoms with Crippen LogP contribution >= 0.6 is 0 Å². The Bertz CT molecular complexity index is 712. The average molecular weight is 282 g/mol. The molecule has 2 amide bonds. The summed E-state index contributed by atoms with van der Waals surface area (Å²) in [6.45, 7) is 2.34. The molecule has 0 aromatic heterocycles. The molecule has 0 aliphatic heterocycles. The summed E-state index contributed by atoms with van der Waals surface area (Å²) in [5.41, 5.74) is 3.37. The Balaban J connectivity index is 1.81. The van der Waals surface area contributed by atoms with Crippen LogP contribution in [0.25, 0.3) is 10.8 Å². The summed E-state index contributed by atoms with van der Waals surface area (Å²) >= 11 is 0. The maximum absolute atomic E-state index is 12.3. The van der Waals surface area contributed by atoms with E-state index in [0.717, 1.165) is 18.2 Å². The SMILES string of the molecule is CC(=O)NCCNC(=O)c1ccc2c3c(cccc13)CC2. The van der Waals surface area contributed by atoms with E-state index in [4.69, 9.17) is 0 Å². The molecule has 21 heavy (non-hydrogen) atoms. The molecule has 3 rings (SSSR count). The molecule has 0 spiro atoms. The summed E-state index contributed by atoms with van der Waals surface area (Å²) < 4.78 is 0. The molecule has 0 heterocycles. The Labute approximate surface area is 123 Å². The van der Waals surface area contributed by atoms with E-state index in [-0.39, 0.29) is 11.8 Å². The van der Waals surface area contributed by atoms with Gasteiger partial charge in [0.25, 0.3) is 5.91 Å². The minimum absolute atomic E-state index is 0.0871. The van der Waals surface area contributed by atoms with E-state index in [1.807, 2.05) is 18.2 Å². The molecule has 108 valence electrons. The number of rotatable bonds is 4. The third-order valence-electron chi connectivity index (χ3n) is 3.91. The van der Waals surface area contributed by atoms with Crippen molar-refractivity contribution < 1.29 is 9.59 Å². The van der Waals surface area contributed by atoms with Crippen LogP contribution in [0.3, 0.4) is 0 Å². The van der Waals surface area contributed by atoms with Crippen molar-refractivity contribution in [3.05, 3.63) is 47.0 Å². The monoisotopic (exact) mass is 282 g/mol. The molecule has 0 saturated heterocycles. The predicted molar refractivity (Wildman–Crippen MR) is 82.4 cm³/mol. The highest BCUT2D eigenvalue weighted by Gasteiger charge is 2.18. The Kier molecular flexibility index (Phi) is 3.60. The Morgan fingerprint density at radius 2 is 1.71 bits per heavy atom. The van der Waals surface area contributed by atoms with Crippen LogP contribution in [-0.4, -0.2) is 24.9 Å². The van der Waals surface area contributed by atoms with E-state index in [1.54, 1.807) is 0 Å². The molecule has 1 aliphatic rings. The van der Waals surface area contributed by atoms with Gasteiger partial charge >= 0.3 is 0 Å². The fraction of sp³-hybridized carbons (Fsp3) is 0.294. The fourth-order valence-corrected chi connectivity index (χ4v) is 2.95. The molecule has 2 N–H and O–H groups in total. The van der Waals surface area contributed by atoms with Gasteiger partial charge in [-0.3, -0.25) is 9.59 Å². The van der Waals surface area contributed by atoms with Crippen molar-refractivity contribution in [1.29, 1.82) is 0 Å². The van der Waals surface area contributed by atoms with Crippen molar-refractivity contribution in [2.45, 2.75) is 19.8 Å². The van der Waals surface area contributed by atoms with Gasteiger partial charge in [0.05, 0.1) is 0 Å². The number of carbonyl (C=O) groups is 2. The van der Waals surface area contributed by atoms with Gasteiger partial charge in [-0.2, -0.15) is 0 Å². The molecular formula is C17H18N2O2. The van der Waals surface area contributed by atoms with E-state index >= 15 is 0 Å². The van der Waals surface area contributed by atoms with Crippen LogP contribution in [0.2, 0.25) is 0 Å². The largest absolute Gasteiger partial charge is 0.355 e. The number of nitrogens with one attached hydrogen (secondary N) is 2. The molecule has 0 saturated carbocycles. The molecule has 0 bridgehead atoms. The molecule has 0 fully saturated rings. The number of aryl methyl sites for hydroxylation is 2. The van der Waals surface area contributed by atoms with Crippen LogP contribution < -0.4 is 10.6 Å². The fourth-order valence-electron chi connectivity index (χ4n) is 2.95. The molecule has 2 aromatic carbocycles. The van der Waals surface area contributed by atoms with E-state index < -0.39 is 0 Å². The molecule has 4 nitrogen and oxygen atoms in total. The summed E-state index contributed by atoms with van der Waals surface area (Å²) in [5.74, 6) is -0.175. The lowest BCUT2D eigenvalue weighted by atomic mass is 9.99. The quantitative estimate of drug-likeness (QED) is 0.840. The van der Waals surface area contributed by atoms with Crippen molar-refractivity contribution in [1.82, 2.24) is 10.6 Å². The van der Waals surface area contributed by atoms with Crippen molar-refractivity contribution in [2.24, 2.45) is 0 Å². The van der Waals surface area contributed by atoms with Gasteiger partial charge in [0.2, 0.25) is 5.91 Å². The van der Waals surface area contributed by atoms with Crippen molar-refractivity contribution in [3.8, 4) is 0 Å². The maximum atomic E-state index is 12.3. The van der Waals surface area contributed by atoms with Gasteiger partial charge in [-0.15, -0.1) is 0 Å². The lowest BCUT2D eigenvalue weighted by molar-refractivity contribution is -0.118. The zero-order chi connectivity index (χ0) is 14.8. The standard InChI is InChI=1S/C17H18N2O2/c1-11(20)18-9-10-19-17(21)15-8-7-13-6-5-12-3-2-4-14(15)16(12)13/h2-4,7-8H,5-6,9-10H2,1H3,(H,18,20)(H,19,21). The van der Waals surface area contributed by atoms with Gasteiger partial charge in [-0.05, 0) is 40.8 Å². The van der Waals surface area contributed by atoms with Crippen molar-refractivity contribution in [2.75, 3.05) is 13.1 Å². The van der Waals surface area contributed by atoms with Crippen molar-refractivity contribution >= 4 is 22.6 Å². The molecule has 0 atom stereocenters. The molecule has 0 radical (unpaired) electrons. The molecule has 1 aliphatic carbocycles. The van der Waals surface area contributed by atoms with Crippen LogP contribution in [0.1, 0.15) is 28.4 Å². The summed E-state index contributed by atoms with van der Waals surface area (Å²) in [5, 5.41) is 7.79. The molecule has 0 unspecified atom stereocenters. The first-order chi connectivity index (χ1) is 10.2. The number of amides is 2. The molecular weight excluding hydrogens is 264 g/mol. The molecule has 2 aromatic rings. The normalized spacial score (nSPS) is 12.4. The van der Waals surface area contributed by atoms with Crippen LogP contribution in [0.4, 0.5) is 0 Å². The minimum Gasteiger partial charge on any atom is -0.355 e. The van der Waals surface area contributed by atoms with Gasteiger partial charge in [0.1, 0.15) is 0 Å². The number of hydrogen-bond donors (Lipinski definition) is 2. The lowest BCUT2D eigenvalue weighted by Crippen LogP contribution is -2.33. The van der Waals surface area contributed by atoms with Crippen molar-refractivity contribution in [3.63, 3.8) is 0 Å². The summed E-state index contributed by atoms with van der Waals surface area (Å²) in [6, 6.07) is 10.1. The highest BCUT2D eigenvalue weighted by molar-refractivity contribution is 6.09. The third-order valence-corrected chi connectivity index (χ3v) is 3.91. The Hall–Kier alpha value is -2.36. The smallest absolute Gasteiger partial charge is 0.251 e. The average Bonchev–Trinajstić information content (AvgIpc) is 2.89. The zero-order valence-electron chi connectivity index (χ0n) is 12.0. The summed E-state index contributed by atoms with van der Waals surface area (Å²) in [6.07, 6.45) is 2.11. The van der Waals surface area contributed by atoms with Crippen LogP contribution in [0.5, 0.6) is 0 Å². The first kappa shape index (κ1) is 13.6. The topological polar surface area (TPSA) is 58.2 Å².